The molecule has 2 aliphatic heterocycles. The Labute approximate surface area is 245 Å². The summed E-state index contributed by atoms with van der Waals surface area (Å²) in [6.45, 7) is 3.18. The van der Waals surface area contributed by atoms with E-state index in [-0.39, 0.29) is 24.3 Å². The highest BCUT2D eigenvalue weighted by Crippen LogP contribution is 2.36. The number of para-hydroxylation sites is 2. The van der Waals surface area contributed by atoms with Crippen molar-refractivity contribution >= 4 is 40.7 Å². The number of hydrogen-bond acceptors (Lipinski definition) is 5. The number of halogens is 2. The van der Waals surface area contributed by atoms with Gasteiger partial charge in [0, 0.05) is 36.2 Å². The number of benzene rings is 3. The predicted octanol–water partition coefficient (Wildman–Crippen LogP) is 6.64. The van der Waals surface area contributed by atoms with E-state index < -0.39 is 0 Å². The summed E-state index contributed by atoms with van der Waals surface area (Å²) in [7, 11) is 0. The average Bonchev–Trinajstić information content (AvgIpc) is 2.91. The molecule has 210 valence electrons. The third-order valence-corrected chi connectivity index (χ3v) is 7.62. The summed E-state index contributed by atoms with van der Waals surface area (Å²) in [5, 5.41) is 4.09. The van der Waals surface area contributed by atoms with Crippen LogP contribution in [0.3, 0.4) is 0 Å². The van der Waals surface area contributed by atoms with Crippen molar-refractivity contribution in [2.45, 2.75) is 32.2 Å². The van der Waals surface area contributed by atoms with Crippen LogP contribution in [0.5, 0.6) is 17.2 Å². The summed E-state index contributed by atoms with van der Waals surface area (Å²) >= 11 is 12.3. The van der Waals surface area contributed by atoms with Gasteiger partial charge >= 0.3 is 0 Å². The fourth-order valence-electron chi connectivity index (χ4n) is 4.99. The van der Waals surface area contributed by atoms with E-state index in [4.69, 9.17) is 32.7 Å². The molecule has 5 rings (SSSR count). The Bertz CT molecular complexity index is 1330. The molecule has 2 aliphatic rings. The Kier molecular flexibility index (Phi) is 9.47. The molecular weight excluding hydrogens is 549 g/mol. The number of ether oxygens (including phenoxy) is 2. The van der Waals surface area contributed by atoms with Crippen LogP contribution in [0.15, 0.2) is 66.7 Å². The van der Waals surface area contributed by atoms with Crippen LogP contribution in [0.4, 0.5) is 5.69 Å². The lowest BCUT2D eigenvalue weighted by atomic mass is 9.97. The Morgan fingerprint density at radius 2 is 1.60 bits per heavy atom. The van der Waals surface area contributed by atoms with Crippen molar-refractivity contribution in [3.63, 3.8) is 0 Å². The van der Waals surface area contributed by atoms with Crippen molar-refractivity contribution in [1.29, 1.82) is 0 Å². The monoisotopic (exact) mass is 581 g/mol. The molecule has 0 spiro atoms. The van der Waals surface area contributed by atoms with Gasteiger partial charge in [0.2, 0.25) is 11.8 Å². The van der Waals surface area contributed by atoms with Gasteiger partial charge in [-0.1, -0.05) is 60.3 Å². The fraction of sp³-hybridized carbons (Fsp3) is 0.355. The van der Waals surface area contributed by atoms with Crippen LogP contribution in [-0.4, -0.2) is 54.4 Å². The standard InChI is InChI=1S/C31H33Cl2N3O4/c32-24-11-9-22(10-12-24)18-35-19-23(20-35)31(38)36-15-5-1-2-6-16-39-28-7-3-4-8-29(28)40-27-14-13-25(33)17-26(27)34-30(37)21-36/h3-4,7-14,17,23H,1-2,5-6,15-16,18-21H2,(H,34,37). The largest absolute Gasteiger partial charge is 0.490 e. The van der Waals surface area contributed by atoms with Gasteiger partial charge in [0.05, 0.1) is 24.8 Å². The molecule has 1 saturated heterocycles. The van der Waals surface area contributed by atoms with Crippen LogP contribution >= 0.6 is 23.2 Å². The van der Waals surface area contributed by atoms with Crippen molar-refractivity contribution in [2.24, 2.45) is 5.92 Å². The first-order valence-electron chi connectivity index (χ1n) is 13.7. The molecule has 0 bridgehead atoms. The molecule has 9 heteroatoms. The van der Waals surface area contributed by atoms with Gasteiger partial charge in [-0.2, -0.15) is 0 Å². The number of anilines is 1. The van der Waals surface area contributed by atoms with E-state index in [0.29, 0.717) is 59.2 Å². The van der Waals surface area contributed by atoms with E-state index in [2.05, 4.69) is 10.2 Å². The lowest BCUT2D eigenvalue weighted by Gasteiger charge is -2.40. The Balaban J connectivity index is 1.27. The minimum atomic E-state index is -0.297. The van der Waals surface area contributed by atoms with Crippen LogP contribution in [-0.2, 0) is 16.1 Å². The number of carbonyl (C=O) groups excluding carboxylic acids is 2. The first-order valence-corrected chi connectivity index (χ1v) is 14.4. The molecule has 40 heavy (non-hydrogen) atoms. The minimum Gasteiger partial charge on any atom is -0.490 e. The van der Waals surface area contributed by atoms with Crippen molar-refractivity contribution < 1.29 is 19.1 Å². The predicted molar refractivity (Wildman–Crippen MR) is 157 cm³/mol. The van der Waals surface area contributed by atoms with Gasteiger partial charge in [-0.05, 0) is 60.9 Å². The van der Waals surface area contributed by atoms with Crippen molar-refractivity contribution in [3.8, 4) is 17.2 Å². The summed E-state index contributed by atoms with van der Waals surface area (Å²) in [6.07, 6.45) is 3.62. The third-order valence-electron chi connectivity index (χ3n) is 7.14. The minimum absolute atomic E-state index is 0.0171. The molecule has 0 aromatic heterocycles. The quantitative estimate of drug-likeness (QED) is 0.375. The van der Waals surface area contributed by atoms with E-state index in [1.54, 1.807) is 23.1 Å². The molecule has 0 aliphatic carbocycles. The first-order chi connectivity index (χ1) is 19.4. The lowest BCUT2D eigenvalue weighted by molar-refractivity contribution is -0.143. The zero-order chi connectivity index (χ0) is 27.9. The SMILES string of the molecule is O=C1CN(C(=O)C2CN(Cc3ccc(Cl)cc3)C2)CCCCCCOc2ccccc2Oc2ccc(Cl)cc2N1. The molecular formula is C31H33Cl2N3O4. The molecule has 3 aromatic rings. The number of hydrogen-bond donors (Lipinski definition) is 1. The maximum Gasteiger partial charge on any atom is 0.244 e. The van der Waals surface area contributed by atoms with E-state index in [1.807, 2.05) is 48.5 Å². The van der Waals surface area contributed by atoms with Crippen molar-refractivity contribution in [2.75, 3.05) is 38.1 Å². The molecule has 1 fully saturated rings. The van der Waals surface area contributed by atoms with Gasteiger partial charge in [-0.15, -0.1) is 0 Å². The average molecular weight is 583 g/mol. The fourth-order valence-corrected chi connectivity index (χ4v) is 5.29. The third kappa shape index (κ3) is 7.47. The summed E-state index contributed by atoms with van der Waals surface area (Å²) in [4.78, 5) is 30.6. The second-order valence-corrected chi connectivity index (χ2v) is 11.2. The topological polar surface area (TPSA) is 71.1 Å². The molecule has 0 atom stereocenters. The van der Waals surface area contributed by atoms with Crippen LogP contribution in [0.2, 0.25) is 10.0 Å². The second kappa shape index (κ2) is 13.4. The lowest BCUT2D eigenvalue weighted by Crippen LogP contribution is -2.55. The zero-order valence-corrected chi connectivity index (χ0v) is 23.8. The summed E-state index contributed by atoms with van der Waals surface area (Å²) in [6, 6.07) is 20.3. The Morgan fingerprint density at radius 1 is 0.875 bits per heavy atom. The van der Waals surface area contributed by atoms with Gasteiger partial charge in [0.25, 0.3) is 0 Å². The maximum absolute atomic E-state index is 13.5. The summed E-state index contributed by atoms with van der Waals surface area (Å²) in [5.74, 6) is 1.23. The van der Waals surface area contributed by atoms with Gasteiger partial charge < -0.3 is 19.7 Å². The number of fused-ring (bicyclic) bond motifs is 2. The van der Waals surface area contributed by atoms with Crippen LogP contribution in [0, 0.1) is 5.92 Å². The molecule has 0 unspecified atom stereocenters. The summed E-state index contributed by atoms with van der Waals surface area (Å²) < 4.78 is 12.2. The van der Waals surface area contributed by atoms with Crippen LogP contribution in [0.25, 0.3) is 0 Å². The number of likely N-dealkylation sites (tertiary alicyclic amines) is 1. The van der Waals surface area contributed by atoms with Crippen LogP contribution < -0.4 is 14.8 Å². The number of nitrogens with zero attached hydrogens (tertiary/aromatic N) is 2. The Morgan fingerprint density at radius 3 is 2.40 bits per heavy atom. The Hall–Kier alpha value is -3.26. The molecule has 2 amide bonds. The molecule has 2 heterocycles. The van der Waals surface area contributed by atoms with Gasteiger partial charge in [0.15, 0.2) is 17.2 Å². The highest BCUT2D eigenvalue weighted by molar-refractivity contribution is 6.31. The molecule has 0 radical (unpaired) electrons. The second-order valence-electron chi connectivity index (χ2n) is 10.3. The molecule has 0 saturated carbocycles. The van der Waals surface area contributed by atoms with Crippen LogP contribution in [0.1, 0.15) is 31.2 Å². The number of rotatable bonds is 3. The molecule has 3 aromatic carbocycles. The van der Waals surface area contributed by atoms with E-state index in [1.165, 1.54) is 0 Å². The highest BCUT2D eigenvalue weighted by atomic mass is 35.5. The first kappa shape index (κ1) is 28.3. The van der Waals surface area contributed by atoms with Gasteiger partial charge in [-0.3, -0.25) is 14.5 Å². The van der Waals surface area contributed by atoms with Crippen molar-refractivity contribution in [3.05, 3.63) is 82.3 Å². The maximum atomic E-state index is 13.5. The molecule has 7 nitrogen and oxygen atoms in total. The number of carbonyl (C=O) groups is 2. The van der Waals surface area contributed by atoms with Gasteiger partial charge in [0.1, 0.15) is 0 Å². The van der Waals surface area contributed by atoms with Gasteiger partial charge in [-0.25, -0.2) is 0 Å². The van der Waals surface area contributed by atoms with E-state index in [9.17, 15) is 9.59 Å². The van der Waals surface area contributed by atoms with E-state index >= 15 is 0 Å². The summed E-state index contributed by atoms with van der Waals surface area (Å²) in [5.41, 5.74) is 1.59. The number of amides is 2. The van der Waals surface area contributed by atoms with Crippen molar-refractivity contribution in [1.82, 2.24) is 9.80 Å². The highest BCUT2D eigenvalue weighted by Gasteiger charge is 2.35. The zero-order valence-electron chi connectivity index (χ0n) is 22.3. The van der Waals surface area contributed by atoms with E-state index in [0.717, 1.165) is 37.8 Å². The number of nitrogens with one attached hydrogen (secondary N) is 1. The molecule has 1 N–H and O–H groups in total. The normalized spacial score (nSPS) is 17.4. The smallest absolute Gasteiger partial charge is 0.244 e.